The van der Waals surface area contributed by atoms with Crippen molar-refractivity contribution in [2.45, 2.75) is 24.0 Å². The number of ether oxygens (including phenoxy) is 1. The highest BCUT2D eigenvalue weighted by Gasteiger charge is 2.69. The fourth-order valence-electron chi connectivity index (χ4n) is 3.01. The van der Waals surface area contributed by atoms with Gasteiger partial charge in [0.05, 0.1) is 14.3 Å². The Balaban J connectivity index is 1.78. The molecule has 4 atom stereocenters. The Morgan fingerprint density at radius 3 is 2.45 bits per heavy atom. The average Bonchev–Trinajstić information content (AvgIpc) is 3.20. The van der Waals surface area contributed by atoms with Crippen LogP contribution < -0.4 is 5.73 Å². The topological polar surface area (TPSA) is 279 Å². The lowest BCUT2D eigenvalue weighted by Crippen LogP contribution is -2.37. The van der Waals surface area contributed by atoms with Crippen LogP contribution in [-0.2, 0) is 23.5 Å². The number of nitrogens with zero attached hydrogens (tertiary/aromatic N) is 4. The summed E-state index contributed by atoms with van der Waals surface area (Å²) in [5, 5.41) is 23.8. The summed E-state index contributed by atoms with van der Waals surface area (Å²) < 4.78 is 33.6. The first-order valence-electron chi connectivity index (χ1n) is 8.44. The number of halogens is 1. The molecule has 182 valence electrons. The molecule has 3 rings (SSSR count). The van der Waals surface area contributed by atoms with Gasteiger partial charge in [0, 0.05) is 0 Å². The van der Waals surface area contributed by atoms with Gasteiger partial charge in [0.1, 0.15) is 36.7 Å². The van der Waals surface area contributed by atoms with Crippen molar-refractivity contribution in [2.75, 3.05) is 12.3 Å². The third-order valence-corrected chi connectivity index (χ3v) is 8.18. The zero-order valence-electron chi connectivity index (χ0n) is 16.0. The molecule has 0 aromatic carbocycles. The lowest BCUT2D eigenvalue weighted by Gasteiger charge is -2.22. The number of hydrogen-bond donors (Lipinski definition) is 9. The number of aliphatic hydroxyl groups excluding tert-OH is 1. The first-order chi connectivity index (χ1) is 15.1. The molecule has 10 N–H and O–H groups in total. The van der Waals surface area contributed by atoms with Gasteiger partial charge >= 0.3 is 24.5 Å². The van der Waals surface area contributed by atoms with Gasteiger partial charge in [-0.2, -0.15) is 44.6 Å². The Kier molecular flexibility index (Phi) is 7.18. The van der Waals surface area contributed by atoms with Crippen LogP contribution in [-0.4, -0.2) is 78.9 Å². The van der Waals surface area contributed by atoms with E-state index in [2.05, 4.69) is 23.2 Å². The van der Waals surface area contributed by atoms with Crippen LogP contribution in [0.3, 0.4) is 0 Å². The van der Waals surface area contributed by atoms with Crippen LogP contribution in [0.15, 0.2) is 18.5 Å². The van der Waals surface area contributed by atoms with Crippen LogP contribution in [0.2, 0.25) is 0 Å². The van der Waals surface area contributed by atoms with Crippen LogP contribution in [0.25, 0.3) is 5.52 Å². The van der Waals surface area contributed by atoms with E-state index in [4.69, 9.17) is 25.2 Å². The van der Waals surface area contributed by atoms with Gasteiger partial charge in [-0.1, -0.05) is 0 Å². The van der Waals surface area contributed by atoms with E-state index in [9.17, 15) is 29.9 Å². The number of fused-ring (bicyclic) bond motifs is 1. The minimum absolute atomic E-state index is 0.00705. The summed E-state index contributed by atoms with van der Waals surface area (Å²) in [6.45, 7) is -1.07. The van der Waals surface area contributed by atoms with Gasteiger partial charge in [-0.15, -0.1) is 4.52 Å². The molecule has 3 heterocycles. The summed E-state index contributed by atoms with van der Waals surface area (Å²) in [6.07, 6.45) is -5.14. The van der Waals surface area contributed by atoms with Crippen molar-refractivity contribution in [1.82, 2.24) is 14.6 Å². The number of nitrogen functional groups attached to an aromatic ring is 1. The highest BCUT2D eigenvalue weighted by Crippen LogP contribution is 2.75. The standard InChI is InChI=1S/C12H18FN5O12P3/c13-10-9(19)7(3-27-32(23,24)30-33(25,26)29-31(20,21)22)28-12(10,4-14)8-2-1-6-11(15)16-5-17-18(6)8/h1-2,5,7,9-10,19-26H,3H2,(H2,15,16,17)/q+3/t7-,9-,10-,12+/m1/s1. The van der Waals surface area contributed by atoms with E-state index in [0.29, 0.717) is 0 Å². The summed E-state index contributed by atoms with van der Waals surface area (Å²) in [5.41, 5.74) is 3.29. The van der Waals surface area contributed by atoms with Gasteiger partial charge in [-0.3, -0.25) is 0 Å². The monoisotopic (exact) mass is 536 g/mol. The normalized spacial score (nSPS) is 26.6. The van der Waals surface area contributed by atoms with Crippen LogP contribution in [0.5, 0.6) is 0 Å². The fraction of sp³-hybridized carbons (Fsp3) is 0.417. The summed E-state index contributed by atoms with van der Waals surface area (Å²) in [6, 6.07) is 4.24. The molecule has 33 heavy (non-hydrogen) atoms. The quantitative estimate of drug-likeness (QED) is 0.168. The summed E-state index contributed by atoms with van der Waals surface area (Å²) >= 11 is 0. The molecule has 0 saturated carbocycles. The predicted octanol–water partition coefficient (Wildman–Crippen LogP) is -1.84. The number of aliphatic hydroxyl groups is 1. The Morgan fingerprint density at radius 2 is 1.85 bits per heavy atom. The van der Waals surface area contributed by atoms with Crippen molar-refractivity contribution in [2.24, 2.45) is 0 Å². The molecule has 0 radical (unpaired) electrons. The first kappa shape index (κ1) is 26.3. The minimum atomic E-state index is -5.41. The number of hydrogen-bond acceptors (Lipinski definition) is 16. The minimum Gasteiger partial charge on any atom is -0.387 e. The van der Waals surface area contributed by atoms with E-state index in [0.717, 1.165) is 10.8 Å². The molecular weight excluding hydrogens is 518 g/mol. The maximum Gasteiger partial charge on any atom is 0.667 e. The third kappa shape index (κ3) is 5.50. The lowest BCUT2D eigenvalue weighted by molar-refractivity contribution is -0.0579. The first-order valence-corrected chi connectivity index (χ1v) is 13.1. The molecule has 1 saturated heterocycles. The molecule has 21 heteroatoms. The highest BCUT2D eigenvalue weighted by atomic mass is 31.3. The molecule has 0 aliphatic carbocycles. The van der Waals surface area contributed by atoms with Crippen LogP contribution in [0, 0.1) is 11.3 Å². The predicted molar refractivity (Wildman–Crippen MR) is 105 cm³/mol. The zero-order valence-corrected chi connectivity index (χ0v) is 18.7. The number of nitriles is 1. The lowest BCUT2D eigenvalue weighted by atomic mass is 9.94. The Hall–Kier alpha value is -1.35. The van der Waals surface area contributed by atoms with Crippen LogP contribution >= 0.6 is 24.5 Å². The van der Waals surface area contributed by atoms with Gasteiger partial charge in [0.15, 0.2) is 12.0 Å². The van der Waals surface area contributed by atoms with Crippen molar-refractivity contribution < 1.29 is 61.6 Å². The van der Waals surface area contributed by atoms with Crippen molar-refractivity contribution in [3.05, 3.63) is 24.2 Å². The van der Waals surface area contributed by atoms with Crippen LogP contribution in [0.4, 0.5) is 10.2 Å². The molecule has 1 fully saturated rings. The third-order valence-electron chi connectivity index (χ3n) is 4.27. The van der Waals surface area contributed by atoms with Crippen molar-refractivity contribution in [3.8, 4) is 6.07 Å². The number of nitrogens with two attached hydrogens (primary N) is 1. The van der Waals surface area contributed by atoms with Gasteiger partial charge in [0.25, 0.3) is 0 Å². The molecule has 0 unspecified atom stereocenters. The summed E-state index contributed by atoms with van der Waals surface area (Å²) in [5.74, 6) is 0.00705. The Bertz CT molecular complexity index is 1060. The number of anilines is 1. The maximum atomic E-state index is 15.1. The SMILES string of the molecule is N#C[C@@]1(c2ccc3c(N)ncnn23)O[C@H](CO[P+](O)(O)O[P+](O)(O)O[P+](O)(O)O)[C@@H](O)[C@H]1F. The Morgan fingerprint density at radius 1 is 1.18 bits per heavy atom. The van der Waals surface area contributed by atoms with Crippen molar-refractivity contribution in [1.29, 1.82) is 5.26 Å². The highest BCUT2D eigenvalue weighted by molar-refractivity contribution is 7.73. The van der Waals surface area contributed by atoms with E-state index in [1.807, 2.05) is 0 Å². The van der Waals surface area contributed by atoms with Gasteiger partial charge < -0.3 is 15.6 Å². The van der Waals surface area contributed by atoms with Crippen LogP contribution in [0.1, 0.15) is 5.69 Å². The number of rotatable bonds is 8. The van der Waals surface area contributed by atoms with Gasteiger partial charge in [0.2, 0.25) is 5.60 Å². The second kappa shape index (κ2) is 9.02. The molecule has 0 amide bonds. The van der Waals surface area contributed by atoms with E-state index in [-0.39, 0.29) is 17.0 Å². The molecule has 0 spiro atoms. The molecule has 2 aromatic rings. The molecule has 2 aromatic heterocycles. The molecule has 1 aliphatic rings. The second-order valence-corrected chi connectivity index (χ2v) is 11.1. The van der Waals surface area contributed by atoms with Crippen molar-refractivity contribution in [3.63, 3.8) is 0 Å². The molecular formula is C12H18FN5O12P3+3. The fourth-order valence-corrected chi connectivity index (χ4v) is 6.17. The molecule has 17 nitrogen and oxygen atoms in total. The molecule has 0 bridgehead atoms. The van der Waals surface area contributed by atoms with Gasteiger partial charge in [-0.05, 0) is 12.1 Å². The largest absolute Gasteiger partial charge is 0.667 e. The summed E-state index contributed by atoms with van der Waals surface area (Å²) in [4.78, 5) is 67.8. The molecule has 1 aliphatic heterocycles. The second-order valence-electron chi connectivity index (χ2n) is 6.51. The zero-order chi connectivity index (χ0) is 24.8. The number of alkyl halides is 1. The Labute approximate surface area is 184 Å². The number of aromatic nitrogens is 3. The van der Waals surface area contributed by atoms with Crippen molar-refractivity contribution >= 4 is 35.8 Å². The van der Waals surface area contributed by atoms with Gasteiger partial charge in [-0.25, -0.2) is 13.9 Å². The maximum absolute atomic E-state index is 15.1. The van der Waals surface area contributed by atoms with E-state index in [1.165, 1.54) is 12.1 Å². The smallest absolute Gasteiger partial charge is 0.387 e. The van der Waals surface area contributed by atoms with E-state index in [1.54, 1.807) is 6.07 Å². The van der Waals surface area contributed by atoms with E-state index < -0.39 is 55.1 Å². The average molecular weight is 536 g/mol. The summed E-state index contributed by atoms with van der Waals surface area (Å²) in [7, 11) is -15.9. The van der Waals surface area contributed by atoms with E-state index >= 15 is 4.39 Å².